The second-order valence-electron chi connectivity index (χ2n) is 4.89. The van der Waals surface area contributed by atoms with Gasteiger partial charge in [0.25, 0.3) is 0 Å². The summed E-state index contributed by atoms with van der Waals surface area (Å²) in [6.45, 7) is 0. The van der Waals surface area contributed by atoms with Crippen LogP contribution in [0.3, 0.4) is 0 Å². The molecule has 0 spiro atoms. The first kappa shape index (κ1) is 15.1. The Morgan fingerprint density at radius 1 is 1.18 bits per heavy atom. The fraction of sp³-hybridized carbons (Fsp3) is 0.0588. The number of nitrogens with zero attached hydrogens (tertiary/aromatic N) is 1. The lowest BCUT2D eigenvalue weighted by atomic mass is 9.91. The van der Waals surface area contributed by atoms with Gasteiger partial charge in [-0.1, -0.05) is 17.7 Å². The largest absolute Gasteiger partial charge is 0.302 e. The number of hydrogen-bond acceptors (Lipinski definition) is 2. The summed E-state index contributed by atoms with van der Waals surface area (Å²) in [6, 6.07) is 11.6. The second-order valence-corrected chi connectivity index (χ2v) is 6.24. The number of benzene rings is 2. The van der Waals surface area contributed by atoms with Crippen LogP contribution in [-0.4, -0.2) is 11.3 Å². The fourth-order valence-corrected chi connectivity index (χ4v) is 2.93. The Balaban J connectivity index is 2.14. The predicted octanol–water partition coefficient (Wildman–Crippen LogP) is 5.12. The van der Waals surface area contributed by atoms with Crippen LogP contribution in [-0.2, 0) is 4.79 Å². The van der Waals surface area contributed by atoms with Gasteiger partial charge in [-0.05, 0) is 57.9 Å². The van der Waals surface area contributed by atoms with Crippen molar-refractivity contribution in [1.82, 2.24) is 4.98 Å². The van der Waals surface area contributed by atoms with Gasteiger partial charge in [0.2, 0.25) is 0 Å². The Bertz CT molecular complexity index is 868. The first-order valence-corrected chi connectivity index (χ1v) is 7.71. The highest BCUT2D eigenvalue weighted by molar-refractivity contribution is 9.10. The number of fused-ring (bicyclic) bond motifs is 1. The molecule has 3 aromatic rings. The Kier molecular flexibility index (Phi) is 4.23. The molecule has 0 aliphatic carbocycles. The molecule has 0 bridgehead atoms. The van der Waals surface area contributed by atoms with E-state index in [1.54, 1.807) is 12.3 Å². The van der Waals surface area contributed by atoms with Crippen molar-refractivity contribution >= 4 is 44.7 Å². The van der Waals surface area contributed by atoms with Crippen LogP contribution in [0.25, 0.3) is 10.9 Å². The maximum Gasteiger partial charge on any atom is 0.131 e. The van der Waals surface area contributed by atoms with Gasteiger partial charge in [-0.2, -0.15) is 0 Å². The van der Waals surface area contributed by atoms with Crippen molar-refractivity contribution in [3.63, 3.8) is 0 Å². The number of pyridine rings is 1. The van der Waals surface area contributed by atoms with Crippen molar-refractivity contribution in [1.29, 1.82) is 0 Å². The van der Waals surface area contributed by atoms with Crippen LogP contribution in [0.1, 0.15) is 17.0 Å². The van der Waals surface area contributed by atoms with Crippen LogP contribution < -0.4 is 0 Å². The SMILES string of the molecule is O=C[C@@H](c1ccc2ncc(Br)cc2c1)c1cc(Cl)ccc1F. The summed E-state index contributed by atoms with van der Waals surface area (Å²) in [5.41, 5.74) is 1.77. The number of halogens is 3. The number of hydrogen-bond donors (Lipinski definition) is 0. The van der Waals surface area contributed by atoms with E-state index in [0.717, 1.165) is 21.7 Å². The minimum Gasteiger partial charge on any atom is -0.302 e. The number of carbonyl (C=O) groups is 1. The molecule has 3 rings (SSSR count). The first-order chi connectivity index (χ1) is 10.6. The predicted molar refractivity (Wildman–Crippen MR) is 88.8 cm³/mol. The van der Waals surface area contributed by atoms with E-state index in [-0.39, 0.29) is 5.56 Å². The average Bonchev–Trinajstić information content (AvgIpc) is 2.51. The van der Waals surface area contributed by atoms with E-state index >= 15 is 0 Å². The van der Waals surface area contributed by atoms with Gasteiger partial charge in [0.05, 0.1) is 11.4 Å². The van der Waals surface area contributed by atoms with Gasteiger partial charge < -0.3 is 4.79 Å². The summed E-state index contributed by atoms with van der Waals surface area (Å²) in [5.74, 6) is -1.16. The molecule has 0 aliphatic heterocycles. The number of carbonyl (C=O) groups excluding carboxylic acids is 1. The molecule has 0 aliphatic rings. The van der Waals surface area contributed by atoms with E-state index in [9.17, 15) is 9.18 Å². The van der Waals surface area contributed by atoms with Crippen molar-refractivity contribution in [3.8, 4) is 0 Å². The zero-order valence-electron chi connectivity index (χ0n) is 11.3. The van der Waals surface area contributed by atoms with E-state index in [1.807, 2.05) is 18.2 Å². The minimum atomic E-state index is -0.706. The lowest BCUT2D eigenvalue weighted by Crippen LogP contribution is -2.05. The summed E-state index contributed by atoms with van der Waals surface area (Å²) in [5, 5.41) is 1.27. The van der Waals surface area contributed by atoms with E-state index in [1.165, 1.54) is 18.2 Å². The molecule has 110 valence electrons. The third-order valence-electron chi connectivity index (χ3n) is 3.46. The summed E-state index contributed by atoms with van der Waals surface area (Å²) in [7, 11) is 0. The molecule has 0 N–H and O–H groups in total. The van der Waals surface area contributed by atoms with E-state index in [4.69, 9.17) is 11.6 Å². The highest BCUT2D eigenvalue weighted by atomic mass is 79.9. The maximum absolute atomic E-state index is 14.0. The standard InChI is InChI=1S/C17H10BrClFNO/c18-12-6-11-5-10(1-4-17(11)21-8-12)15(9-22)14-7-13(19)2-3-16(14)20/h1-9,15H/t15-/m0/s1. The molecule has 5 heteroatoms. The van der Waals surface area contributed by atoms with Crippen LogP contribution in [0.2, 0.25) is 5.02 Å². The van der Waals surface area contributed by atoms with Crippen LogP contribution in [0.5, 0.6) is 0 Å². The Morgan fingerprint density at radius 2 is 2.00 bits per heavy atom. The average molecular weight is 379 g/mol. The molecule has 0 amide bonds. The maximum atomic E-state index is 14.0. The van der Waals surface area contributed by atoms with E-state index in [0.29, 0.717) is 10.6 Å². The molecule has 0 fully saturated rings. The third kappa shape index (κ3) is 2.89. The van der Waals surface area contributed by atoms with Gasteiger partial charge in [0.15, 0.2) is 0 Å². The van der Waals surface area contributed by atoms with Gasteiger partial charge >= 0.3 is 0 Å². The molecule has 22 heavy (non-hydrogen) atoms. The summed E-state index contributed by atoms with van der Waals surface area (Å²) in [4.78, 5) is 15.8. The molecular weight excluding hydrogens is 369 g/mol. The Hall–Kier alpha value is -1.78. The van der Waals surface area contributed by atoms with Gasteiger partial charge in [0.1, 0.15) is 12.1 Å². The smallest absolute Gasteiger partial charge is 0.131 e. The molecule has 0 unspecified atom stereocenters. The van der Waals surface area contributed by atoms with Crippen molar-refractivity contribution in [2.75, 3.05) is 0 Å². The van der Waals surface area contributed by atoms with Crippen LogP contribution >= 0.6 is 27.5 Å². The third-order valence-corrected chi connectivity index (χ3v) is 4.13. The van der Waals surface area contributed by atoms with Crippen molar-refractivity contribution < 1.29 is 9.18 Å². The van der Waals surface area contributed by atoms with Crippen LogP contribution in [0, 0.1) is 5.82 Å². The highest BCUT2D eigenvalue weighted by Gasteiger charge is 2.18. The summed E-state index contributed by atoms with van der Waals surface area (Å²) in [6.07, 6.45) is 2.43. The lowest BCUT2D eigenvalue weighted by Gasteiger charge is -2.13. The molecule has 2 nitrogen and oxygen atoms in total. The van der Waals surface area contributed by atoms with Gasteiger partial charge in [-0.15, -0.1) is 0 Å². The van der Waals surface area contributed by atoms with Crippen LogP contribution in [0.15, 0.2) is 53.1 Å². The normalized spacial score (nSPS) is 12.3. The molecule has 1 aromatic heterocycles. The summed E-state index contributed by atoms with van der Waals surface area (Å²) < 4.78 is 14.9. The fourth-order valence-electron chi connectivity index (χ4n) is 2.40. The van der Waals surface area contributed by atoms with E-state index < -0.39 is 11.7 Å². The summed E-state index contributed by atoms with van der Waals surface area (Å²) >= 11 is 9.29. The minimum absolute atomic E-state index is 0.268. The zero-order chi connectivity index (χ0) is 15.7. The van der Waals surface area contributed by atoms with Crippen molar-refractivity contribution in [3.05, 3.63) is 75.1 Å². The Labute approximate surface area is 140 Å². The number of rotatable bonds is 3. The van der Waals surface area contributed by atoms with Crippen molar-refractivity contribution in [2.24, 2.45) is 0 Å². The molecule has 1 atom stereocenters. The molecule has 2 aromatic carbocycles. The second kappa shape index (κ2) is 6.15. The monoisotopic (exact) mass is 377 g/mol. The van der Waals surface area contributed by atoms with Crippen molar-refractivity contribution in [2.45, 2.75) is 5.92 Å². The highest BCUT2D eigenvalue weighted by Crippen LogP contribution is 2.29. The van der Waals surface area contributed by atoms with Gasteiger partial charge in [-0.25, -0.2) is 4.39 Å². The Morgan fingerprint density at radius 3 is 2.77 bits per heavy atom. The molecular formula is C17H10BrClFNO. The van der Waals surface area contributed by atoms with Gasteiger partial charge in [-0.3, -0.25) is 4.98 Å². The first-order valence-electron chi connectivity index (χ1n) is 6.54. The molecule has 0 saturated heterocycles. The topological polar surface area (TPSA) is 30.0 Å². The molecule has 0 saturated carbocycles. The molecule has 0 radical (unpaired) electrons. The lowest BCUT2D eigenvalue weighted by molar-refractivity contribution is -0.108. The molecule has 1 heterocycles. The number of aromatic nitrogens is 1. The quantitative estimate of drug-likeness (QED) is 0.592. The van der Waals surface area contributed by atoms with Crippen LogP contribution in [0.4, 0.5) is 4.39 Å². The van der Waals surface area contributed by atoms with E-state index in [2.05, 4.69) is 20.9 Å². The van der Waals surface area contributed by atoms with Gasteiger partial charge in [0, 0.05) is 26.6 Å². The number of aldehydes is 1. The zero-order valence-corrected chi connectivity index (χ0v) is 13.6.